The van der Waals surface area contributed by atoms with Crippen molar-refractivity contribution in [3.05, 3.63) is 50.6 Å². The average molecular weight is 372 g/mol. The van der Waals surface area contributed by atoms with Crippen molar-refractivity contribution in [3.63, 3.8) is 0 Å². The summed E-state index contributed by atoms with van der Waals surface area (Å²) in [5.74, 6) is -4.19. The largest absolute Gasteiger partial charge is 0.459 e. The summed E-state index contributed by atoms with van der Waals surface area (Å²) in [6, 6.07) is 2.35. The van der Waals surface area contributed by atoms with E-state index in [4.69, 9.17) is 4.42 Å². The molecular formula is C14H11F3N4O5. The van der Waals surface area contributed by atoms with E-state index in [0.29, 0.717) is 9.13 Å². The van der Waals surface area contributed by atoms with Gasteiger partial charge in [0.2, 0.25) is 0 Å². The van der Waals surface area contributed by atoms with Gasteiger partial charge in [-0.25, -0.2) is 4.79 Å². The molecule has 1 atom stereocenters. The molecule has 0 saturated heterocycles. The first-order chi connectivity index (χ1) is 12.0. The molecule has 3 heterocycles. The number of carbonyl (C=O) groups is 2. The van der Waals surface area contributed by atoms with Gasteiger partial charge in [-0.15, -0.1) is 0 Å². The molecule has 3 rings (SSSR count). The van der Waals surface area contributed by atoms with Crippen LogP contribution in [-0.2, 0) is 24.4 Å². The zero-order valence-corrected chi connectivity index (χ0v) is 13.3. The van der Waals surface area contributed by atoms with Crippen molar-refractivity contribution in [2.24, 2.45) is 14.1 Å². The maximum Gasteiger partial charge on any atom is 0.425 e. The lowest BCUT2D eigenvalue weighted by atomic mass is 9.91. The number of fused-ring (bicyclic) bond motifs is 1. The van der Waals surface area contributed by atoms with Crippen LogP contribution in [0.2, 0.25) is 0 Å². The fourth-order valence-electron chi connectivity index (χ4n) is 2.74. The smallest absolute Gasteiger partial charge is 0.425 e. The summed E-state index contributed by atoms with van der Waals surface area (Å²) in [6.07, 6.45) is -4.32. The normalized spacial score (nSPS) is 19.2. The van der Waals surface area contributed by atoms with Gasteiger partial charge in [0, 0.05) is 14.1 Å². The molecule has 0 saturated carbocycles. The van der Waals surface area contributed by atoms with Gasteiger partial charge < -0.3 is 15.1 Å². The van der Waals surface area contributed by atoms with Crippen LogP contribution in [-0.4, -0.2) is 27.1 Å². The van der Waals surface area contributed by atoms with Gasteiger partial charge in [-0.2, -0.15) is 13.2 Å². The highest BCUT2D eigenvalue weighted by Crippen LogP contribution is 2.44. The summed E-state index contributed by atoms with van der Waals surface area (Å²) in [5.41, 5.74) is -7.07. The molecule has 2 N–H and O–H groups in total. The Hall–Kier alpha value is -3.31. The van der Waals surface area contributed by atoms with Gasteiger partial charge in [0.1, 0.15) is 11.4 Å². The number of alkyl halides is 3. The van der Waals surface area contributed by atoms with Crippen LogP contribution >= 0.6 is 0 Å². The number of anilines is 1. The van der Waals surface area contributed by atoms with Gasteiger partial charge in [0.25, 0.3) is 22.9 Å². The van der Waals surface area contributed by atoms with Crippen molar-refractivity contribution in [1.29, 1.82) is 0 Å². The number of nitrogens with zero attached hydrogens (tertiary/aromatic N) is 2. The predicted molar refractivity (Wildman–Crippen MR) is 79.5 cm³/mol. The second-order valence-corrected chi connectivity index (χ2v) is 5.56. The number of halogens is 3. The Morgan fingerprint density at radius 3 is 2.42 bits per heavy atom. The predicted octanol–water partition coefficient (Wildman–Crippen LogP) is -0.183. The molecule has 0 aliphatic carbocycles. The van der Waals surface area contributed by atoms with E-state index >= 15 is 0 Å². The van der Waals surface area contributed by atoms with Crippen LogP contribution in [0.1, 0.15) is 16.1 Å². The van der Waals surface area contributed by atoms with Crippen LogP contribution in [0.25, 0.3) is 0 Å². The molecule has 12 heteroatoms. The van der Waals surface area contributed by atoms with Gasteiger partial charge in [-0.1, -0.05) is 0 Å². The first-order valence-electron chi connectivity index (χ1n) is 7.07. The molecule has 2 amide bonds. The zero-order valence-electron chi connectivity index (χ0n) is 13.3. The molecule has 0 spiro atoms. The van der Waals surface area contributed by atoms with E-state index in [1.807, 2.05) is 5.32 Å². The highest BCUT2D eigenvalue weighted by molar-refractivity contribution is 6.08. The number of rotatable bonds is 2. The van der Waals surface area contributed by atoms with Crippen molar-refractivity contribution in [2.45, 2.75) is 11.7 Å². The molecule has 2 aromatic heterocycles. The molecule has 0 aromatic carbocycles. The number of hydrogen-bond acceptors (Lipinski definition) is 5. The second kappa shape index (κ2) is 5.34. The molecular weight excluding hydrogens is 361 g/mol. The van der Waals surface area contributed by atoms with Crippen molar-refractivity contribution < 1.29 is 27.2 Å². The summed E-state index contributed by atoms with van der Waals surface area (Å²) in [4.78, 5) is 48.8. The van der Waals surface area contributed by atoms with Crippen LogP contribution in [0.4, 0.5) is 19.0 Å². The van der Waals surface area contributed by atoms with E-state index < -0.39 is 51.9 Å². The van der Waals surface area contributed by atoms with Crippen LogP contribution < -0.4 is 21.9 Å². The summed E-state index contributed by atoms with van der Waals surface area (Å²) in [5, 5.41) is 3.43. The standard InChI is InChI=1S/C14H11F3N4O5/c1-20-8-7(10(23)21(2)12(20)25)13(11(24)18-8,14(15,16)17)19-9(22)6-4-3-5-26-6/h3-5H,1-2H3,(H,18,24)(H,19,22). The second-order valence-electron chi connectivity index (χ2n) is 5.56. The molecule has 0 radical (unpaired) electrons. The molecule has 0 bridgehead atoms. The lowest BCUT2D eigenvalue weighted by Crippen LogP contribution is -2.62. The third-order valence-electron chi connectivity index (χ3n) is 4.08. The molecule has 26 heavy (non-hydrogen) atoms. The Bertz CT molecular complexity index is 1030. The first-order valence-corrected chi connectivity index (χ1v) is 7.07. The lowest BCUT2D eigenvalue weighted by Gasteiger charge is -2.29. The molecule has 0 fully saturated rings. The minimum absolute atomic E-state index is 0.415. The number of amides is 2. The molecule has 1 aliphatic rings. The third-order valence-corrected chi connectivity index (χ3v) is 4.08. The van der Waals surface area contributed by atoms with E-state index in [-0.39, 0.29) is 0 Å². The molecule has 2 aromatic rings. The highest BCUT2D eigenvalue weighted by Gasteiger charge is 2.68. The summed E-state index contributed by atoms with van der Waals surface area (Å²) >= 11 is 0. The highest BCUT2D eigenvalue weighted by atomic mass is 19.4. The van der Waals surface area contributed by atoms with Gasteiger partial charge in [-0.05, 0) is 12.1 Å². The van der Waals surface area contributed by atoms with E-state index in [9.17, 15) is 32.3 Å². The Kier molecular flexibility index (Phi) is 3.60. The molecule has 1 unspecified atom stereocenters. The van der Waals surface area contributed by atoms with E-state index in [1.165, 1.54) is 6.07 Å². The fourth-order valence-corrected chi connectivity index (χ4v) is 2.74. The maximum absolute atomic E-state index is 13.9. The van der Waals surface area contributed by atoms with Gasteiger partial charge in [-0.3, -0.25) is 23.5 Å². The quantitative estimate of drug-likeness (QED) is 0.759. The summed E-state index contributed by atoms with van der Waals surface area (Å²) in [7, 11) is 2.05. The monoisotopic (exact) mass is 372 g/mol. The summed E-state index contributed by atoms with van der Waals surface area (Å²) < 4.78 is 47.7. The Balaban J connectivity index is 2.32. The fraction of sp³-hybridized carbons (Fsp3) is 0.286. The van der Waals surface area contributed by atoms with Crippen molar-refractivity contribution in [3.8, 4) is 0 Å². The van der Waals surface area contributed by atoms with Crippen LogP contribution in [0.3, 0.4) is 0 Å². The van der Waals surface area contributed by atoms with Crippen LogP contribution in [0.15, 0.2) is 32.4 Å². The first kappa shape index (κ1) is 17.5. The van der Waals surface area contributed by atoms with Crippen molar-refractivity contribution in [2.75, 3.05) is 5.32 Å². The minimum Gasteiger partial charge on any atom is -0.459 e. The third kappa shape index (κ3) is 2.11. The van der Waals surface area contributed by atoms with Gasteiger partial charge in [0.15, 0.2) is 5.76 Å². The maximum atomic E-state index is 13.9. The Morgan fingerprint density at radius 2 is 1.88 bits per heavy atom. The minimum atomic E-state index is -5.38. The number of carbonyl (C=O) groups excluding carboxylic acids is 2. The zero-order chi connectivity index (χ0) is 19.4. The Labute approximate surface area is 142 Å². The van der Waals surface area contributed by atoms with Crippen LogP contribution in [0.5, 0.6) is 0 Å². The lowest BCUT2D eigenvalue weighted by molar-refractivity contribution is -0.196. The van der Waals surface area contributed by atoms with E-state index in [2.05, 4.69) is 0 Å². The van der Waals surface area contributed by atoms with Gasteiger partial charge in [0.05, 0.1) is 6.26 Å². The molecule has 138 valence electrons. The van der Waals surface area contributed by atoms with Crippen LogP contribution in [0, 0.1) is 0 Å². The molecule has 9 nitrogen and oxygen atoms in total. The average Bonchev–Trinajstić information content (AvgIpc) is 3.18. The summed E-state index contributed by atoms with van der Waals surface area (Å²) in [6.45, 7) is 0. The number of aromatic nitrogens is 2. The van der Waals surface area contributed by atoms with E-state index in [1.54, 1.807) is 5.32 Å². The van der Waals surface area contributed by atoms with Gasteiger partial charge >= 0.3 is 11.9 Å². The number of furan rings is 1. The Morgan fingerprint density at radius 1 is 1.23 bits per heavy atom. The van der Waals surface area contributed by atoms with Crippen molar-refractivity contribution >= 4 is 17.6 Å². The van der Waals surface area contributed by atoms with Crippen molar-refractivity contribution in [1.82, 2.24) is 14.5 Å². The number of nitrogens with one attached hydrogen (secondary N) is 2. The number of hydrogen-bond donors (Lipinski definition) is 2. The van der Waals surface area contributed by atoms with E-state index in [0.717, 1.165) is 26.4 Å². The topological polar surface area (TPSA) is 115 Å². The molecule has 1 aliphatic heterocycles. The SMILES string of the molecule is Cn1c2c(c(=O)n(C)c1=O)C(NC(=O)c1ccco1)(C(F)(F)F)C(=O)N2.